The number of hydroxylamine groups is 1. The number of carbonyl (C=O) groups excluding carboxylic acids is 1. The summed E-state index contributed by atoms with van der Waals surface area (Å²) in [6.45, 7) is 2.36. The fourth-order valence-corrected chi connectivity index (χ4v) is 5.14. The number of rotatable bonds is 13. The first-order valence-corrected chi connectivity index (χ1v) is 11.8. The molecular formula is C22H30N2O5S. The number of pyridine rings is 1. The third-order valence-electron chi connectivity index (χ3n) is 4.85. The lowest BCUT2D eigenvalue weighted by Gasteiger charge is -2.19. The van der Waals surface area contributed by atoms with Gasteiger partial charge in [-0.25, -0.2) is 13.9 Å². The molecule has 0 aliphatic carbocycles. The number of unbranched alkanes of at least 4 members (excludes halogenated alkanes) is 1. The smallest absolute Gasteiger partial charge is 0.243 e. The number of aryl methyl sites for hydroxylation is 1. The van der Waals surface area contributed by atoms with Crippen LogP contribution in [-0.2, 0) is 21.1 Å². The highest BCUT2D eigenvalue weighted by Gasteiger charge is 2.30. The van der Waals surface area contributed by atoms with Crippen LogP contribution in [0.25, 0.3) is 0 Å². The van der Waals surface area contributed by atoms with Crippen LogP contribution >= 0.6 is 0 Å². The molecule has 0 spiro atoms. The van der Waals surface area contributed by atoms with Crippen molar-refractivity contribution in [1.29, 1.82) is 0 Å². The summed E-state index contributed by atoms with van der Waals surface area (Å²) in [5.41, 5.74) is 2.53. The monoisotopic (exact) mass is 434 g/mol. The Balaban J connectivity index is 2.09. The van der Waals surface area contributed by atoms with E-state index in [1.165, 1.54) is 0 Å². The lowest BCUT2D eigenvalue weighted by Crippen LogP contribution is -2.26. The molecule has 0 aliphatic rings. The Hall–Kier alpha value is -2.45. The van der Waals surface area contributed by atoms with Gasteiger partial charge in [-0.1, -0.05) is 38.0 Å². The van der Waals surface area contributed by atoms with Crippen molar-refractivity contribution in [2.45, 2.75) is 62.0 Å². The number of sulfone groups is 1. The summed E-state index contributed by atoms with van der Waals surface area (Å²) < 4.78 is 32.5. The van der Waals surface area contributed by atoms with Crippen LogP contribution in [-0.4, -0.2) is 36.4 Å². The number of hydrogen-bond acceptors (Lipinski definition) is 6. The van der Waals surface area contributed by atoms with Crippen LogP contribution in [0.15, 0.2) is 53.6 Å². The number of hydrogen-bond donors (Lipinski definition) is 2. The van der Waals surface area contributed by atoms with Crippen LogP contribution in [0.1, 0.15) is 51.1 Å². The van der Waals surface area contributed by atoms with E-state index in [1.54, 1.807) is 35.9 Å². The van der Waals surface area contributed by atoms with Crippen LogP contribution in [0, 0.1) is 0 Å². The molecule has 0 bridgehead atoms. The molecular weight excluding hydrogens is 404 g/mol. The minimum Gasteiger partial charge on any atom is -0.492 e. The summed E-state index contributed by atoms with van der Waals surface area (Å²) in [4.78, 5) is 15.8. The molecule has 164 valence electrons. The molecule has 30 heavy (non-hydrogen) atoms. The lowest BCUT2D eigenvalue weighted by atomic mass is 10.1. The van der Waals surface area contributed by atoms with Crippen molar-refractivity contribution in [3.05, 3.63) is 54.4 Å². The number of aromatic nitrogens is 1. The predicted octanol–water partition coefficient (Wildman–Crippen LogP) is 3.71. The van der Waals surface area contributed by atoms with Crippen LogP contribution in [0.5, 0.6) is 5.75 Å². The molecule has 1 unspecified atom stereocenters. The molecule has 0 saturated carbocycles. The number of benzene rings is 1. The third-order valence-corrected chi connectivity index (χ3v) is 7.15. The average molecular weight is 435 g/mol. The van der Waals surface area contributed by atoms with Gasteiger partial charge in [-0.3, -0.25) is 15.0 Å². The first kappa shape index (κ1) is 23.8. The Kier molecular flexibility index (Phi) is 9.76. The van der Waals surface area contributed by atoms with Gasteiger partial charge >= 0.3 is 0 Å². The average Bonchev–Trinajstić information content (AvgIpc) is 2.77. The summed E-state index contributed by atoms with van der Waals surface area (Å²) in [7, 11) is -3.70. The number of para-hydroxylation sites is 1. The maximum absolute atomic E-state index is 13.3. The van der Waals surface area contributed by atoms with Gasteiger partial charge in [0.1, 0.15) is 10.6 Å². The van der Waals surface area contributed by atoms with Crippen LogP contribution in [0.3, 0.4) is 0 Å². The first-order chi connectivity index (χ1) is 14.5. The number of carbonyl (C=O) groups is 1. The lowest BCUT2D eigenvalue weighted by molar-refractivity contribution is -0.129. The van der Waals surface area contributed by atoms with E-state index in [-0.39, 0.29) is 17.7 Å². The van der Waals surface area contributed by atoms with Crippen LogP contribution in [0.2, 0.25) is 0 Å². The van der Waals surface area contributed by atoms with Crippen molar-refractivity contribution in [3.8, 4) is 5.75 Å². The molecule has 8 heteroatoms. The van der Waals surface area contributed by atoms with Gasteiger partial charge in [-0.05, 0) is 49.9 Å². The number of ether oxygens (including phenoxy) is 1. The number of amides is 1. The third kappa shape index (κ3) is 7.11. The fraction of sp³-hybridized carbons (Fsp3) is 0.455. The maximum atomic E-state index is 13.3. The van der Waals surface area contributed by atoms with Gasteiger partial charge in [-0.15, -0.1) is 0 Å². The molecule has 1 aromatic heterocycles. The molecule has 1 atom stereocenters. The molecule has 1 aromatic carbocycles. The van der Waals surface area contributed by atoms with Gasteiger partial charge in [0.05, 0.1) is 11.9 Å². The van der Waals surface area contributed by atoms with E-state index in [2.05, 4.69) is 4.98 Å². The van der Waals surface area contributed by atoms with E-state index in [0.29, 0.717) is 25.2 Å². The Morgan fingerprint density at radius 1 is 1.13 bits per heavy atom. The van der Waals surface area contributed by atoms with E-state index in [0.717, 1.165) is 25.0 Å². The van der Waals surface area contributed by atoms with Crippen molar-refractivity contribution < 1.29 is 23.2 Å². The Morgan fingerprint density at radius 2 is 1.90 bits per heavy atom. The minimum atomic E-state index is -3.70. The fourth-order valence-electron chi connectivity index (χ4n) is 3.20. The molecule has 2 rings (SSSR count). The van der Waals surface area contributed by atoms with Gasteiger partial charge in [-0.2, -0.15) is 0 Å². The molecule has 1 amide bonds. The van der Waals surface area contributed by atoms with E-state index in [1.807, 2.05) is 25.1 Å². The van der Waals surface area contributed by atoms with E-state index >= 15 is 0 Å². The SMILES string of the molecule is CCCCC(CCC(=O)NO)S(=O)(=O)c1ccccc1OCCCc1ccccn1. The van der Waals surface area contributed by atoms with E-state index in [9.17, 15) is 13.2 Å². The predicted molar refractivity (Wildman–Crippen MR) is 114 cm³/mol. The van der Waals surface area contributed by atoms with Gasteiger partial charge in [0, 0.05) is 18.3 Å². The summed E-state index contributed by atoms with van der Waals surface area (Å²) >= 11 is 0. The van der Waals surface area contributed by atoms with Crippen LogP contribution in [0.4, 0.5) is 0 Å². The second-order valence-corrected chi connectivity index (χ2v) is 9.30. The highest BCUT2D eigenvalue weighted by molar-refractivity contribution is 7.92. The van der Waals surface area contributed by atoms with Crippen molar-refractivity contribution in [3.63, 3.8) is 0 Å². The zero-order chi connectivity index (χ0) is 21.8. The topological polar surface area (TPSA) is 106 Å². The molecule has 7 nitrogen and oxygen atoms in total. The van der Waals surface area contributed by atoms with Gasteiger partial charge in [0.15, 0.2) is 9.84 Å². The quantitative estimate of drug-likeness (QED) is 0.283. The molecule has 0 radical (unpaired) electrons. The molecule has 0 fully saturated rings. The molecule has 0 aliphatic heterocycles. The highest BCUT2D eigenvalue weighted by Crippen LogP contribution is 2.31. The summed E-state index contributed by atoms with van der Waals surface area (Å²) in [5, 5.41) is 8.00. The zero-order valence-electron chi connectivity index (χ0n) is 17.3. The first-order valence-electron chi connectivity index (χ1n) is 10.3. The van der Waals surface area contributed by atoms with Gasteiger partial charge in [0.2, 0.25) is 5.91 Å². The van der Waals surface area contributed by atoms with Crippen molar-refractivity contribution in [2.75, 3.05) is 6.61 Å². The van der Waals surface area contributed by atoms with Gasteiger partial charge in [0.25, 0.3) is 0 Å². The number of nitrogens with one attached hydrogen (secondary N) is 1. The molecule has 1 heterocycles. The van der Waals surface area contributed by atoms with Crippen molar-refractivity contribution >= 4 is 15.7 Å². The summed E-state index contributed by atoms with van der Waals surface area (Å²) in [5.74, 6) is -0.266. The largest absolute Gasteiger partial charge is 0.492 e. The molecule has 2 N–H and O–H groups in total. The Morgan fingerprint density at radius 3 is 2.60 bits per heavy atom. The summed E-state index contributed by atoms with van der Waals surface area (Å²) in [6, 6.07) is 12.4. The Labute approximate surface area is 178 Å². The second-order valence-electron chi connectivity index (χ2n) is 7.10. The van der Waals surface area contributed by atoms with Crippen molar-refractivity contribution in [2.24, 2.45) is 0 Å². The van der Waals surface area contributed by atoms with Crippen molar-refractivity contribution in [1.82, 2.24) is 10.5 Å². The van der Waals surface area contributed by atoms with Crippen LogP contribution < -0.4 is 10.2 Å². The summed E-state index contributed by atoms with van der Waals surface area (Å²) in [6.07, 6.45) is 5.31. The number of nitrogens with zero attached hydrogens (tertiary/aromatic N) is 1. The zero-order valence-corrected chi connectivity index (χ0v) is 18.1. The maximum Gasteiger partial charge on any atom is 0.243 e. The normalized spacial score (nSPS) is 12.3. The minimum absolute atomic E-state index is 0.0583. The standard InChI is InChI=1S/C22H30N2O5S/c1-2-3-11-19(14-15-22(25)24-26)30(27,28)21-13-5-4-12-20(21)29-17-8-10-18-9-6-7-16-23-18/h4-7,9,12-13,16,19,26H,2-3,8,10-11,14-15,17H2,1H3,(H,24,25). The van der Waals surface area contributed by atoms with E-state index in [4.69, 9.17) is 9.94 Å². The van der Waals surface area contributed by atoms with Gasteiger partial charge < -0.3 is 4.74 Å². The van der Waals surface area contributed by atoms with E-state index < -0.39 is 21.0 Å². The molecule has 0 saturated heterocycles. The molecule has 2 aromatic rings. The Bertz CT molecular complexity index is 887. The second kappa shape index (κ2) is 12.3. The highest BCUT2D eigenvalue weighted by atomic mass is 32.2.